The minimum absolute atomic E-state index is 0.0386. The van der Waals surface area contributed by atoms with Crippen LogP contribution in [-0.2, 0) is 9.59 Å². The summed E-state index contributed by atoms with van der Waals surface area (Å²) in [6.07, 6.45) is 0. The van der Waals surface area contributed by atoms with Gasteiger partial charge in [-0.2, -0.15) is 0 Å². The number of carbonyl (C=O) groups excluding carboxylic acids is 2. The molecule has 26 heavy (non-hydrogen) atoms. The summed E-state index contributed by atoms with van der Waals surface area (Å²) in [6, 6.07) is 18.9. The molecule has 0 unspecified atom stereocenters. The minimum atomic E-state index is -0.694. The Morgan fingerprint density at radius 3 is 1.92 bits per heavy atom. The fraction of sp³-hybridized carbons (Fsp3) is 0.333. The molecule has 2 aromatic rings. The van der Waals surface area contributed by atoms with Gasteiger partial charge in [0.05, 0.1) is 12.1 Å². The minimum Gasteiger partial charge on any atom is -0.348 e. The Kier molecular flexibility index (Phi) is 7.22. The van der Waals surface area contributed by atoms with Crippen molar-refractivity contribution in [1.29, 1.82) is 0 Å². The lowest BCUT2D eigenvalue weighted by Crippen LogP contribution is -2.45. The zero-order valence-electron chi connectivity index (χ0n) is 15.4. The monoisotopic (exact) mass is 372 g/mol. The molecule has 0 spiro atoms. The van der Waals surface area contributed by atoms with Crippen LogP contribution in [0.3, 0.4) is 0 Å². The summed E-state index contributed by atoms with van der Waals surface area (Å²) in [5, 5.41) is 2.26. The molecule has 0 bridgehead atoms. The smallest absolute Gasteiger partial charge is 0.241 e. The molecule has 0 radical (unpaired) electrons. The van der Waals surface area contributed by atoms with E-state index in [1.807, 2.05) is 74.5 Å². The summed E-state index contributed by atoms with van der Waals surface area (Å²) in [7, 11) is 0. The molecule has 138 valence electrons. The maximum Gasteiger partial charge on any atom is 0.241 e. The summed E-state index contributed by atoms with van der Waals surface area (Å²) < 4.78 is 0. The van der Waals surface area contributed by atoms with Gasteiger partial charge >= 0.3 is 0 Å². The Balaban J connectivity index is 2.11. The van der Waals surface area contributed by atoms with Crippen molar-refractivity contribution in [2.45, 2.75) is 38.2 Å². The summed E-state index contributed by atoms with van der Waals surface area (Å²) >= 11 is 6.02. The van der Waals surface area contributed by atoms with Crippen LogP contribution < -0.4 is 5.32 Å². The lowest BCUT2D eigenvalue weighted by atomic mass is 10.1. The van der Waals surface area contributed by atoms with E-state index in [2.05, 4.69) is 5.32 Å². The summed E-state index contributed by atoms with van der Waals surface area (Å²) in [5.74, 6) is -0.472. The molecule has 0 saturated heterocycles. The number of alkyl halides is 1. The standard InChI is InChI=1S/C21H25ClN2O2/c1-15(22)21(26)24(17(3)19-12-8-5-9-13-19)14-20(25)23-16(2)18-10-6-4-7-11-18/h4-13,15-17H,14H2,1-3H3,(H,23,25)/t15-,16-,17-/m0/s1. The van der Waals surface area contributed by atoms with Crippen LogP contribution in [0.15, 0.2) is 60.7 Å². The van der Waals surface area contributed by atoms with E-state index < -0.39 is 5.38 Å². The van der Waals surface area contributed by atoms with Crippen LogP contribution in [0.4, 0.5) is 0 Å². The van der Waals surface area contributed by atoms with E-state index in [4.69, 9.17) is 11.6 Å². The molecule has 2 rings (SSSR count). The number of benzene rings is 2. The Hall–Kier alpha value is -2.33. The molecule has 0 heterocycles. The summed E-state index contributed by atoms with van der Waals surface area (Å²) in [6.45, 7) is 5.41. The third-order valence-electron chi connectivity index (χ3n) is 4.36. The summed E-state index contributed by atoms with van der Waals surface area (Å²) in [4.78, 5) is 26.6. The Morgan fingerprint density at radius 1 is 0.923 bits per heavy atom. The van der Waals surface area contributed by atoms with Crippen LogP contribution in [0.25, 0.3) is 0 Å². The van der Waals surface area contributed by atoms with Crippen molar-refractivity contribution in [3.8, 4) is 0 Å². The van der Waals surface area contributed by atoms with Crippen LogP contribution in [0.1, 0.15) is 44.0 Å². The number of hydrogen-bond acceptors (Lipinski definition) is 2. The van der Waals surface area contributed by atoms with E-state index in [0.717, 1.165) is 11.1 Å². The van der Waals surface area contributed by atoms with Crippen LogP contribution in [0, 0.1) is 0 Å². The van der Waals surface area contributed by atoms with Gasteiger partial charge in [-0.25, -0.2) is 0 Å². The van der Waals surface area contributed by atoms with Crippen molar-refractivity contribution in [3.63, 3.8) is 0 Å². The molecule has 2 amide bonds. The first-order valence-corrected chi connectivity index (χ1v) is 9.17. The normalized spacial score (nSPS) is 14.2. The fourth-order valence-corrected chi connectivity index (χ4v) is 2.94. The maximum atomic E-state index is 12.6. The molecule has 5 heteroatoms. The average Bonchev–Trinajstić information content (AvgIpc) is 2.66. The largest absolute Gasteiger partial charge is 0.348 e. The van der Waals surface area contributed by atoms with Crippen LogP contribution in [0.2, 0.25) is 0 Å². The van der Waals surface area contributed by atoms with Gasteiger partial charge < -0.3 is 10.2 Å². The number of halogens is 1. The Morgan fingerprint density at radius 2 is 1.42 bits per heavy atom. The molecule has 3 atom stereocenters. The van der Waals surface area contributed by atoms with E-state index in [-0.39, 0.29) is 30.4 Å². The first-order chi connectivity index (χ1) is 12.4. The lowest BCUT2D eigenvalue weighted by molar-refractivity contribution is -0.137. The molecule has 0 fully saturated rings. The molecular formula is C21H25ClN2O2. The second-order valence-corrected chi connectivity index (χ2v) is 7.02. The predicted molar refractivity (Wildman–Crippen MR) is 105 cm³/mol. The van der Waals surface area contributed by atoms with E-state index in [0.29, 0.717) is 0 Å². The van der Waals surface area contributed by atoms with Crippen LogP contribution in [-0.4, -0.2) is 28.6 Å². The van der Waals surface area contributed by atoms with Crippen molar-refractivity contribution < 1.29 is 9.59 Å². The molecule has 1 N–H and O–H groups in total. The molecule has 0 aliphatic carbocycles. The number of amides is 2. The second kappa shape index (κ2) is 9.39. The second-order valence-electron chi connectivity index (χ2n) is 6.37. The van der Waals surface area contributed by atoms with Crippen molar-refractivity contribution >= 4 is 23.4 Å². The number of carbonyl (C=O) groups is 2. The Labute approximate surface area is 160 Å². The van der Waals surface area contributed by atoms with Gasteiger partial charge in [0.1, 0.15) is 11.9 Å². The van der Waals surface area contributed by atoms with E-state index in [1.54, 1.807) is 6.92 Å². The zero-order valence-corrected chi connectivity index (χ0v) is 16.1. The van der Waals surface area contributed by atoms with E-state index >= 15 is 0 Å². The van der Waals surface area contributed by atoms with Crippen LogP contribution >= 0.6 is 11.6 Å². The highest BCUT2D eigenvalue weighted by Crippen LogP contribution is 2.22. The number of nitrogens with one attached hydrogen (secondary N) is 1. The van der Waals surface area contributed by atoms with Gasteiger partial charge in [-0.05, 0) is 31.9 Å². The molecule has 0 aromatic heterocycles. The van der Waals surface area contributed by atoms with Crippen molar-refractivity contribution in [3.05, 3.63) is 71.8 Å². The van der Waals surface area contributed by atoms with E-state index in [9.17, 15) is 9.59 Å². The van der Waals surface area contributed by atoms with Crippen molar-refractivity contribution in [1.82, 2.24) is 10.2 Å². The van der Waals surface area contributed by atoms with Crippen molar-refractivity contribution in [2.75, 3.05) is 6.54 Å². The molecular weight excluding hydrogens is 348 g/mol. The van der Waals surface area contributed by atoms with Gasteiger partial charge in [-0.3, -0.25) is 9.59 Å². The molecule has 0 saturated carbocycles. The lowest BCUT2D eigenvalue weighted by Gasteiger charge is -2.30. The first kappa shape index (κ1) is 20.0. The molecule has 4 nitrogen and oxygen atoms in total. The van der Waals surface area contributed by atoms with Gasteiger partial charge in [-0.1, -0.05) is 60.7 Å². The summed E-state index contributed by atoms with van der Waals surface area (Å²) in [5.41, 5.74) is 1.97. The third-order valence-corrected chi connectivity index (χ3v) is 4.55. The molecule has 0 aliphatic heterocycles. The quantitative estimate of drug-likeness (QED) is 0.744. The van der Waals surface area contributed by atoms with Gasteiger partial charge in [0.15, 0.2) is 0 Å². The third kappa shape index (κ3) is 5.33. The topological polar surface area (TPSA) is 49.4 Å². The predicted octanol–water partition coefficient (Wildman–Crippen LogP) is 4.08. The van der Waals surface area contributed by atoms with E-state index in [1.165, 1.54) is 4.90 Å². The first-order valence-electron chi connectivity index (χ1n) is 8.74. The van der Waals surface area contributed by atoms with Gasteiger partial charge in [0, 0.05) is 0 Å². The number of hydrogen-bond donors (Lipinski definition) is 1. The maximum absolute atomic E-state index is 12.6. The number of nitrogens with zero attached hydrogens (tertiary/aromatic N) is 1. The van der Waals surface area contributed by atoms with Gasteiger partial charge in [0.25, 0.3) is 0 Å². The highest BCUT2D eigenvalue weighted by atomic mass is 35.5. The average molecular weight is 373 g/mol. The highest BCUT2D eigenvalue weighted by molar-refractivity contribution is 6.30. The highest BCUT2D eigenvalue weighted by Gasteiger charge is 2.27. The van der Waals surface area contributed by atoms with Crippen molar-refractivity contribution in [2.24, 2.45) is 0 Å². The SMILES string of the molecule is C[C@H](Cl)C(=O)N(CC(=O)N[C@@H](C)c1ccccc1)[C@@H](C)c1ccccc1. The fourth-order valence-electron chi connectivity index (χ4n) is 2.81. The van der Waals surface area contributed by atoms with Gasteiger partial charge in [-0.15, -0.1) is 11.6 Å². The number of rotatable bonds is 7. The molecule has 0 aliphatic rings. The van der Waals surface area contributed by atoms with Crippen LogP contribution in [0.5, 0.6) is 0 Å². The van der Waals surface area contributed by atoms with Gasteiger partial charge in [0.2, 0.25) is 11.8 Å². The Bertz CT molecular complexity index is 719. The zero-order chi connectivity index (χ0) is 19.1. The molecule has 2 aromatic carbocycles.